The lowest BCUT2D eigenvalue weighted by molar-refractivity contribution is -0.136. The fourth-order valence-corrected chi connectivity index (χ4v) is 3.61. The van der Waals surface area contributed by atoms with Crippen LogP contribution in [0.5, 0.6) is 5.75 Å². The number of hydrogen-bond donors (Lipinski definition) is 1. The van der Waals surface area contributed by atoms with Gasteiger partial charge in [0.2, 0.25) is 0 Å². The van der Waals surface area contributed by atoms with E-state index in [1.54, 1.807) is 13.8 Å². The molecule has 0 radical (unpaired) electrons. The lowest BCUT2D eigenvalue weighted by Crippen LogP contribution is -2.40. The summed E-state index contributed by atoms with van der Waals surface area (Å²) in [6.07, 6.45) is -3.76. The second-order valence-corrected chi connectivity index (χ2v) is 8.12. The Bertz CT molecular complexity index is 1110. The Morgan fingerprint density at radius 3 is 2.45 bits per heavy atom. The highest BCUT2D eigenvalue weighted by molar-refractivity contribution is 6.06. The van der Waals surface area contributed by atoms with E-state index in [-0.39, 0.29) is 43.2 Å². The molecule has 1 aromatic heterocycles. The molecule has 0 atom stereocenters. The first-order chi connectivity index (χ1) is 15.5. The Hall–Kier alpha value is -3.08. The molecule has 1 aliphatic heterocycles. The first kappa shape index (κ1) is 24.6. The number of benzene rings is 1. The summed E-state index contributed by atoms with van der Waals surface area (Å²) in [5.41, 5.74) is -2.86. The number of carbonyl (C=O) groups excluding carboxylic acids is 2. The zero-order valence-corrected chi connectivity index (χ0v) is 18.5. The first-order valence-electron chi connectivity index (χ1n) is 10.5. The fraction of sp³-hybridized carbons (Fsp3) is 0.500. The number of nitrogens with zero attached hydrogens (tertiary/aromatic N) is 1. The normalized spacial score (nSPS) is 15.9. The van der Waals surface area contributed by atoms with Crippen molar-refractivity contribution in [2.45, 2.75) is 45.3 Å². The third-order valence-electron chi connectivity index (χ3n) is 5.17. The number of halogens is 3. The number of alkyl halides is 3. The van der Waals surface area contributed by atoms with E-state index in [0.29, 0.717) is 30.2 Å². The van der Waals surface area contributed by atoms with E-state index in [1.165, 1.54) is 12.1 Å². The Morgan fingerprint density at radius 2 is 1.85 bits per heavy atom. The molecule has 0 unspecified atom stereocenters. The SMILES string of the molecule is CCCc1c(OCCOCCN2C(=O)NC(C)(C)C2=O)ccc2c(C(F)(F)F)cc(=O)oc12. The number of aryl methyl sites for hydroxylation is 1. The molecule has 33 heavy (non-hydrogen) atoms. The molecule has 2 aromatic rings. The van der Waals surface area contributed by atoms with Crippen molar-refractivity contribution in [3.05, 3.63) is 39.7 Å². The molecule has 8 nitrogen and oxygen atoms in total. The predicted molar refractivity (Wildman–Crippen MR) is 112 cm³/mol. The van der Waals surface area contributed by atoms with Gasteiger partial charge in [-0.2, -0.15) is 13.2 Å². The van der Waals surface area contributed by atoms with Gasteiger partial charge in [0.15, 0.2) is 0 Å². The number of fused-ring (bicyclic) bond motifs is 1. The number of ether oxygens (including phenoxy) is 2. The smallest absolute Gasteiger partial charge is 0.417 e. The number of amides is 3. The molecule has 0 spiro atoms. The zero-order valence-electron chi connectivity index (χ0n) is 18.5. The summed E-state index contributed by atoms with van der Waals surface area (Å²) in [4.78, 5) is 36.8. The highest BCUT2D eigenvalue weighted by atomic mass is 19.4. The van der Waals surface area contributed by atoms with Gasteiger partial charge >= 0.3 is 17.8 Å². The Labute approximate surface area is 187 Å². The number of imide groups is 1. The lowest BCUT2D eigenvalue weighted by atomic mass is 10.0. The molecule has 1 aromatic carbocycles. The maximum absolute atomic E-state index is 13.4. The molecule has 0 bridgehead atoms. The molecule has 1 aliphatic rings. The van der Waals surface area contributed by atoms with Gasteiger partial charge in [0.1, 0.15) is 23.5 Å². The zero-order chi connectivity index (χ0) is 24.4. The summed E-state index contributed by atoms with van der Waals surface area (Å²) in [5.74, 6) is -0.0429. The summed E-state index contributed by atoms with van der Waals surface area (Å²) in [7, 11) is 0. The maximum Gasteiger partial charge on any atom is 0.417 e. The highest BCUT2D eigenvalue weighted by Crippen LogP contribution is 2.37. The van der Waals surface area contributed by atoms with Gasteiger partial charge in [0.05, 0.1) is 25.3 Å². The van der Waals surface area contributed by atoms with Crippen LogP contribution in [-0.4, -0.2) is 48.7 Å². The van der Waals surface area contributed by atoms with Gasteiger partial charge < -0.3 is 19.2 Å². The first-order valence-corrected chi connectivity index (χ1v) is 10.5. The van der Waals surface area contributed by atoms with Gasteiger partial charge in [-0.3, -0.25) is 9.69 Å². The minimum absolute atomic E-state index is 0.0665. The van der Waals surface area contributed by atoms with Crippen molar-refractivity contribution in [1.82, 2.24) is 10.2 Å². The van der Waals surface area contributed by atoms with Crippen LogP contribution in [0.1, 0.15) is 38.3 Å². The van der Waals surface area contributed by atoms with Crippen LogP contribution in [0.2, 0.25) is 0 Å². The van der Waals surface area contributed by atoms with Gasteiger partial charge in [-0.15, -0.1) is 0 Å². The average molecular weight is 470 g/mol. The number of rotatable bonds is 9. The van der Waals surface area contributed by atoms with Gasteiger partial charge in [-0.05, 0) is 32.4 Å². The monoisotopic (exact) mass is 470 g/mol. The van der Waals surface area contributed by atoms with Gasteiger partial charge in [0, 0.05) is 17.0 Å². The molecule has 1 N–H and O–H groups in total. The van der Waals surface area contributed by atoms with E-state index >= 15 is 0 Å². The Morgan fingerprint density at radius 1 is 1.12 bits per heavy atom. The van der Waals surface area contributed by atoms with Gasteiger partial charge in [-0.1, -0.05) is 13.3 Å². The number of nitrogens with one attached hydrogen (secondary N) is 1. The molecular formula is C22H25F3N2O6. The van der Waals surface area contributed by atoms with Crippen molar-refractivity contribution in [1.29, 1.82) is 0 Å². The molecule has 3 rings (SSSR count). The topological polar surface area (TPSA) is 98.1 Å². The third-order valence-corrected chi connectivity index (χ3v) is 5.17. The number of hydrogen-bond acceptors (Lipinski definition) is 6. The average Bonchev–Trinajstić information content (AvgIpc) is 2.91. The van der Waals surface area contributed by atoms with Crippen molar-refractivity contribution < 1.29 is 36.7 Å². The lowest BCUT2D eigenvalue weighted by Gasteiger charge is -2.17. The van der Waals surface area contributed by atoms with Crippen LogP contribution in [-0.2, 0) is 22.1 Å². The van der Waals surface area contributed by atoms with Crippen molar-refractivity contribution in [2.75, 3.05) is 26.4 Å². The van der Waals surface area contributed by atoms with Crippen molar-refractivity contribution in [2.24, 2.45) is 0 Å². The molecule has 11 heteroatoms. The van der Waals surface area contributed by atoms with Crippen LogP contribution >= 0.6 is 0 Å². The predicted octanol–water partition coefficient (Wildman–Crippen LogP) is 3.49. The van der Waals surface area contributed by atoms with E-state index in [1.807, 2.05) is 6.92 Å². The number of urea groups is 1. The van der Waals surface area contributed by atoms with E-state index in [0.717, 1.165) is 4.90 Å². The third kappa shape index (κ3) is 5.29. The van der Waals surface area contributed by atoms with Crippen LogP contribution in [0, 0.1) is 0 Å². The summed E-state index contributed by atoms with van der Waals surface area (Å²) in [5, 5.41) is 2.37. The molecule has 1 saturated heterocycles. The molecule has 180 valence electrons. The van der Waals surface area contributed by atoms with E-state index in [4.69, 9.17) is 13.9 Å². The summed E-state index contributed by atoms with van der Waals surface area (Å²) in [6, 6.07) is 2.59. The molecule has 1 fully saturated rings. The molecule has 2 heterocycles. The summed E-state index contributed by atoms with van der Waals surface area (Å²) < 4.78 is 56.3. The van der Waals surface area contributed by atoms with Crippen LogP contribution in [0.4, 0.5) is 18.0 Å². The van der Waals surface area contributed by atoms with Crippen LogP contribution in [0.3, 0.4) is 0 Å². The molecule has 3 amide bonds. The maximum atomic E-state index is 13.4. The largest absolute Gasteiger partial charge is 0.491 e. The fourth-order valence-electron chi connectivity index (χ4n) is 3.61. The molecule has 0 saturated carbocycles. The Kier molecular flexibility index (Phi) is 7.01. The van der Waals surface area contributed by atoms with Gasteiger partial charge in [-0.25, -0.2) is 9.59 Å². The number of carbonyl (C=O) groups is 2. The van der Waals surface area contributed by atoms with E-state index in [9.17, 15) is 27.6 Å². The van der Waals surface area contributed by atoms with E-state index in [2.05, 4.69) is 5.32 Å². The second-order valence-electron chi connectivity index (χ2n) is 8.12. The highest BCUT2D eigenvalue weighted by Gasteiger charge is 2.43. The van der Waals surface area contributed by atoms with Crippen LogP contribution in [0.25, 0.3) is 11.0 Å². The van der Waals surface area contributed by atoms with Gasteiger partial charge in [0.25, 0.3) is 5.91 Å². The van der Waals surface area contributed by atoms with Crippen molar-refractivity contribution >= 4 is 22.9 Å². The summed E-state index contributed by atoms with van der Waals surface area (Å²) in [6.45, 7) is 5.42. The van der Waals surface area contributed by atoms with Crippen molar-refractivity contribution in [3.8, 4) is 5.75 Å². The minimum atomic E-state index is -4.70. The standard InChI is InChI=1S/C22H25F3N2O6/c1-4-5-14-16(7-6-13-15(22(23,24)25)12-17(28)33-18(13)14)32-11-10-31-9-8-27-19(29)21(2,3)26-20(27)30/h6-7,12H,4-5,8-11H2,1-3H3,(H,26,30). The van der Waals surface area contributed by atoms with E-state index < -0.39 is 28.9 Å². The quantitative estimate of drug-likeness (QED) is 0.342. The Balaban J connectivity index is 1.65. The summed E-state index contributed by atoms with van der Waals surface area (Å²) >= 11 is 0. The molecule has 0 aliphatic carbocycles. The van der Waals surface area contributed by atoms with Crippen molar-refractivity contribution in [3.63, 3.8) is 0 Å². The minimum Gasteiger partial charge on any atom is -0.491 e. The molecular weight excluding hydrogens is 445 g/mol. The van der Waals surface area contributed by atoms with Crippen LogP contribution < -0.4 is 15.7 Å². The second kappa shape index (κ2) is 9.42. The van der Waals surface area contributed by atoms with Crippen LogP contribution in [0.15, 0.2) is 27.4 Å².